The summed E-state index contributed by atoms with van der Waals surface area (Å²) in [5.41, 5.74) is 6.26. The first-order chi connectivity index (χ1) is 9.54. The van der Waals surface area contributed by atoms with Crippen LogP contribution in [-0.2, 0) is 4.79 Å². The molecule has 0 spiro atoms. The fourth-order valence-corrected chi connectivity index (χ4v) is 2.07. The van der Waals surface area contributed by atoms with E-state index in [4.69, 9.17) is 10.5 Å². The maximum absolute atomic E-state index is 11.6. The van der Waals surface area contributed by atoms with E-state index in [9.17, 15) is 9.90 Å². The second-order valence-corrected chi connectivity index (χ2v) is 5.08. The fourth-order valence-electron chi connectivity index (χ4n) is 2.07. The molecule has 0 bridgehead atoms. The first-order valence-electron chi connectivity index (χ1n) is 6.67. The molecular weight excluding hydrogens is 258 g/mol. The molecule has 6 heteroatoms. The number of hydrogen-bond acceptors (Lipinski definition) is 5. The summed E-state index contributed by atoms with van der Waals surface area (Å²) in [6, 6.07) is 7.03. The average molecular weight is 279 g/mol. The lowest BCUT2D eigenvalue weighted by atomic mass is 10.2. The summed E-state index contributed by atoms with van der Waals surface area (Å²) in [6.45, 7) is 2.47. The van der Waals surface area contributed by atoms with E-state index < -0.39 is 6.10 Å². The second-order valence-electron chi connectivity index (χ2n) is 5.08. The van der Waals surface area contributed by atoms with Crippen LogP contribution in [0.1, 0.15) is 0 Å². The molecule has 0 aromatic heterocycles. The number of aliphatic hydroxyl groups excluding tert-OH is 1. The largest absolute Gasteiger partial charge is 0.491 e. The van der Waals surface area contributed by atoms with Gasteiger partial charge in [0, 0.05) is 32.4 Å². The summed E-state index contributed by atoms with van der Waals surface area (Å²) in [7, 11) is 1.79. The summed E-state index contributed by atoms with van der Waals surface area (Å²) in [5, 5.41) is 9.95. The number of β-amino-alcohol motifs (C(OH)–C–C–N with tert-alkyl or cyclic N) is 1. The highest BCUT2D eigenvalue weighted by Crippen LogP contribution is 2.13. The zero-order valence-corrected chi connectivity index (χ0v) is 11.7. The van der Waals surface area contributed by atoms with Crippen LogP contribution in [-0.4, -0.2) is 66.8 Å². The van der Waals surface area contributed by atoms with Crippen molar-refractivity contribution >= 4 is 11.6 Å². The molecule has 1 aliphatic heterocycles. The Morgan fingerprint density at radius 3 is 2.70 bits per heavy atom. The summed E-state index contributed by atoms with van der Waals surface area (Å²) >= 11 is 0. The summed E-state index contributed by atoms with van der Waals surface area (Å²) in [5.74, 6) is 0.760. The lowest BCUT2D eigenvalue weighted by Gasteiger charge is -2.32. The quantitative estimate of drug-likeness (QED) is 0.729. The summed E-state index contributed by atoms with van der Waals surface area (Å²) in [6.07, 6.45) is -0.622. The summed E-state index contributed by atoms with van der Waals surface area (Å²) in [4.78, 5) is 15.2. The molecule has 2 rings (SSSR count). The Morgan fingerprint density at radius 2 is 2.05 bits per heavy atom. The minimum Gasteiger partial charge on any atom is -0.491 e. The monoisotopic (exact) mass is 279 g/mol. The van der Waals surface area contributed by atoms with E-state index in [2.05, 4.69) is 0 Å². The molecular formula is C14H21N3O3. The number of nitrogen functional groups attached to an aromatic ring is 1. The molecule has 1 atom stereocenters. The van der Waals surface area contributed by atoms with Crippen LogP contribution < -0.4 is 10.5 Å². The van der Waals surface area contributed by atoms with Crippen LogP contribution in [0.2, 0.25) is 0 Å². The maximum Gasteiger partial charge on any atom is 0.236 e. The van der Waals surface area contributed by atoms with Crippen molar-refractivity contribution in [1.29, 1.82) is 0 Å². The first-order valence-corrected chi connectivity index (χ1v) is 6.67. The van der Waals surface area contributed by atoms with E-state index in [-0.39, 0.29) is 12.5 Å². The standard InChI is InChI=1S/C14H21N3O3/c1-16-6-7-17(9-14(16)19)8-12(18)10-20-13-4-2-11(15)3-5-13/h2-5,12,18H,6-10,15H2,1H3. The molecule has 0 aliphatic carbocycles. The van der Waals surface area contributed by atoms with Gasteiger partial charge in [-0.05, 0) is 24.3 Å². The van der Waals surface area contributed by atoms with Crippen LogP contribution in [0.3, 0.4) is 0 Å². The number of amides is 1. The molecule has 1 aromatic carbocycles. The average Bonchev–Trinajstić information content (AvgIpc) is 2.42. The normalized spacial score (nSPS) is 18.1. The van der Waals surface area contributed by atoms with E-state index in [1.807, 2.05) is 4.90 Å². The summed E-state index contributed by atoms with van der Waals surface area (Å²) < 4.78 is 5.48. The second kappa shape index (κ2) is 6.58. The van der Waals surface area contributed by atoms with Crippen molar-refractivity contribution in [1.82, 2.24) is 9.80 Å². The van der Waals surface area contributed by atoms with Crippen molar-refractivity contribution in [2.75, 3.05) is 45.6 Å². The van der Waals surface area contributed by atoms with E-state index in [1.54, 1.807) is 36.2 Å². The van der Waals surface area contributed by atoms with Crippen molar-refractivity contribution in [3.8, 4) is 5.75 Å². The van der Waals surface area contributed by atoms with Crippen molar-refractivity contribution in [3.63, 3.8) is 0 Å². The lowest BCUT2D eigenvalue weighted by molar-refractivity contribution is -0.135. The minimum absolute atomic E-state index is 0.0860. The zero-order valence-electron chi connectivity index (χ0n) is 11.7. The molecule has 1 unspecified atom stereocenters. The third kappa shape index (κ3) is 4.11. The third-order valence-electron chi connectivity index (χ3n) is 3.33. The Morgan fingerprint density at radius 1 is 1.35 bits per heavy atom. The van der Waals surface area contributed by atoms with Crippen LogP contribution in [0.5, 0.6) is 5.75 Å². The van der Waals surface area contributed by atoms with Crippen LogP contribution in [0.25, 0.3) is 0 Å². The van der Waals surface area contributed by atoms with Gasteiger partial charge in [-0.15, -0.1) is 0 Å². The number of piperazine rings is 1. The number of nitrogens with two attached hydrogens (primary N) is 1. The highest BCUT2D eigenvalue weighted by Gasteiger charge is 2.22. The number of carbonyl (C=O) groups excluding carboxylic acids is 1. The number of rotatable bonds is 5. The molecule has 0 radical (unpaired) electrons. The highest BCUT2D eigenvalue weighted by molar-refractivity contribution is 5.78. The number of likely N-dealkylation sites (N-methyl/N-ethyl adjacent to an activating group) is 1. The molecule has 1 aromatic rings. The molecule has 6 nitrogen and oxygen atoms in total. The van der Waals surface area contributed by atoms with Gasteiger partial charge in [0.15, 0.2) is 0 Å². The van der Waals surface area contributed by atoms with Gasteiger partial charge in [-0.3, -0.25) is 9.69 Å². The van der Waals surface area contributed by atoms with Gasteiger partial charge in [0.2, 0.25) is 5.91 Å². The zero-order chi connectivity index (χ0) is 14.5. The SMILES string of the molecule is CN1CCN(CC(O)COc2ccc(N)cc2)CC1=O. The third-order valence-corrected chi connectivity index (χ3v) is 3.33. The van der Waals surface area contributed by atoms with Gasteiger partial charge in [0.1, 0.15) is 18.5 Å². The predicted octanol–water partition coefficient (Wildman–Crippen LogP) is -0.218. The molecule has 1 heterocycles. The molecule has 1 amide bonds. The minimum atomic E-state index is -0.622. The topological polar surface area (TPSA) is 79.0 Å². The first kappa shape index (κ1) is 14.6. The Labute approximate surface area is 118 Å². The van der Waals surface area contributed by atoms with Gasteiger partial charge in [-0.2, -0.15) is 0 Å². The molecule has 1 aliphatic rings. The van der Waals surface area contributed by atoms with Gasteiger partial charge in [-0.25, -0.2) is 0 Å². The van der Waals surface area contributed by atoms with Crippen molar-refractivity contribution < 1.29 is 14.6 Å². The molecule has 1 saturated heterocycles. The number of ether oxygens (including phenoxy) is 1. The molecule has 3 N–H and O–H groups in total. The van der Waals surface area contributed by atoms with Crippen LogP contribution in [0.4, 0.5) is 5.69 Å². The van der Waals surface area contributed by atoms with Gasteiger partial charge >= 0.3 is 0 Å². The van der Waals surface area contributed by atoms with Gasteiger partial charge in [-0.1, -0.05) is 0 Å². The maximum atomic E-state index is 11.6. The van der Waals surface area contributed by atoms with Gasteiger partial charge in [0.25, 0.3) is 0 Å². The van der Waals surface area contributed by atoms with Crippen molar-refractivity contribution in [3.05, 3.63) is 24.3 Å². The Kier molecular flexibility index (Phi) is 4.81. The predicted molar refractivity (Wildman–Crippen MR) is 76.4 cm³/mol. The van der Waals surface area contributed by atoms with E-state index in [1.165, 1.54) is 0 Å². The fraction of sp³-hybridized carbons (Fsp3) is 0.500. The lowest BCUT2D eigenvalue weighted by Crippen LogP contribution is -2.51. The number of aliphatic hydroxyl groups is 1. The Balaban J connectivity index is 1.74. The molecule has 1 fully saturated rings. The number of benzene rings is 1. The Bertz CT molecular complexity index is 449. The molecule has 20 heavy (non-hydrogen) atoms. The van der Waals surface area contributed by atoms with E-state index in [0.717, 1.165) is 6.54 Å². The van der Waals surface area contributed by atoms with Crippen molar-refractivity contribution in [2.45, 2.75) is 6.10 Å². The van der Waals surface area contributed by atoms with E-state index in [0.29, 0.717) is 31.1 Å². The smallest absolute Gasteiger partial charge is 0.236 e. The van der Waals surface area contributed by atoms with Crippen LogP contribution in [0.15, 0.2) is 24.3 Å². The highest BCUT2D eigenvalue weighted by atomic mass is 16.5. The van der Waals surface area contributed by atoms with Gasteiger partial charge < -0.3 is 20.5 Å². The number of nitrogens with zero attached hydrogens (tertiary/aromatic N) is 2. The number of carbonyl (C=O) groups is 1. The number of hydrogen-bond donors (Lipinski definition) is 2. The molecule has 110 valence electrons. The molecule has 0 saturated carbocycles. The van der Waals surface area contributed by atoms with Crippen LogP contribution >= 0.6 is 0 Å². The van der Waals surface area contributed by atoms with Gasteiger partial charge in [0.05, 0.1) is 6.54 Å². The van der Waals surface area contributed by atoms with E-state index >= 15 is 0 Å². The van der Waals surface area contributed by atoms with Crippen LogP contribution in [0, 0.1) is 0 Å². The van der Waals surface area contributed by atoms with Crippen molar-refractivity contribution in [2.24, 2.45) is 0 Å². The number of anilines is 1. The Hall–Kier alpha value is -1.79.